The zero-order valence-electron chi connectivity index (χ0n) is 51.3. The van der Waals surface area contributed by atoms with Crippen LogP contribution in [0.25, 0.3) is 0 Å². The molecule has 4 N–H and O–H groups in total. The summed E-state index contributed by atoms with van der Waals surface area (Å²) in [7, 11) is 1.45. The topological polar surface area (TPSA) is 125 Å². The van der Waals surface area contributed by atoms with E-state index in [9.17, 15) is 24.5 Å². The van der Waals surface area contributed by atoms with Crippen molar-refractivity contribution in [2.24, 2.45) is 0 Å². The third-order valence-electron chi connectivity index (χ3n) is 14.9. The number of phosphoric acid groups is 1. The molecule has 0 radical (unpaired) electrons. The summed E-state index contributed by atoms with van der Waals surface area (Å²) in [6, 6.07) is -1.03. The van der Waals surface area contributed by atoms with Crippen molar-refractivity contribution in [1.29, 1.82) is 0 Å². The summed E-state index contributed by atoms with van der Waals surface area (Å²) in [5.41, 5.74) is 0. The van der Waals surface area contributed by atoms with E-state index in [0.29, 0.717) is 23.9 Å². The molecule has 0 aromatic rings. The fourth-order valence-corrected chi connectivity index (χ4v) is 10.5. The van der Waals surface area contributed by atoms with Crippen LogP contribution in [0.4, 0.5) is 0 Å². The summed E-state index contributed by atoms with van der Waals surface area (Å²) < 4.78 is 23.7. The van der Waals surface area contributed by atoms with Crippen LogP contribution >= 0.6 is 7.82 Å². The van der Waals surface area contributed by atoms with Gasteiger partial charge in [-0.15, -0.1) is 0 Å². The highest BCUT2D eigenvalue weighted by molar-refractivity contribution is 7.47. The van der Waals surface area contributed by atoms with Gasteiger partial charge in [-0.3, -0.25) is 13.8 Å². The predicted octanol–water partition coefficient (Wildman–Crippen LogP) is 19.4. The molecular formula is C67H128N2O7P+. The van der Waals surface area contributed by atoms with Crippen molar-refractivity contribution < 1.29 is 38.0 Å². The van der Waals surface area contributed by atoms with E-state index in [-0.39, 0.29) is 12.5 Å². The van der Waals surface area contributed by atoms with Crippen LogP contribution in [0.15, 0.2) is 60.8 Å². The third kappa shape index (κ3) is 58.6. The van der Waals surface area contributed by atoms with Crippen molar-refractivity contribution in [2.75, 3.05) is 40.9 Å². The molecule has 0 aromatic heterocycles. The molecule has 0 bridgehead atoms. The lowest BCUT2D eigenvalue weighted by Crippen LogP contribution is -2.51. The molecule has 0 aliphatic carbocycles. The van der Waals surface area contributed by atoms with Crippen molar-refractivity contribution in [3.05, 3.63) is 60.8 Å². The number of phosphoric ester groups is 1. The number of carbonyl (C=O) groups excluding carboxylic acids is 1. The summed E-state index contributed by atoms with van der Waals surface area (Å²) in [4.78, 5) is 23.4. The monoisotopic (exact) mass is 1100 g/mol. The first kappa shape index (κ1) is 75.2. The Bertz CT molecular complexity index is 1460. The minimum absolute atomic E-state index is 0.0232. The van der Waals surface area contributed by atoms with Gasteiger partial charge in [-0.2, -0.15) is 0 Å². The molecule has 0 fully saturated rings. The van der Waals surface area contributed by atoms with E-state index in [1.54, 1.807) is 0 Å². The van der Waals surface area contributed by atoms with Crippen LogP contribution in [0, 0.1) is 0 Å². The van der Waals surface area contributed by atoms with Gasteiger partial charge in [-0.05, 0) is 57.8 Å². The van der Waals surface area contributed by atoms with Gasteiger partial charge in [0.1, 0.15) is 19.3 Å². The Hall–Kier alpha value is -1.84. The van der Waals surface area contributed by atoms with Crippen LogP contribution in [-0.2, 0) is 18.4 Å². The summed E-state index contributed by atoms with van der Waals surface area (Å²) >= 11 is 0. The van der Waals surface area contributed by atoms with Crippen molar-refractivity contribution >= 4 is 13.7 Å². The first-order chi connectivity index (χ1) is 37.4. The van der Waals surface area contributed by atoms with Crippen LogP contribution in [-0.4, -0.2) is 84.6 Å². The van der Waals surface area contributed by atoms with Gasteiger partial charge in [-0.1, -0.05) is 299 Å². The molecule has 9 nitrogen and oxygen atoms in total. The summed E-state index contributed by atoms with van der Waals surface area (Å²) in [5, 5.41) is 24.9. The average molecular weight is 1100 g/mol. The van der Waals surface area contributed by atoms with Crippen LogP contribution in [0.5, 0.6) is 0 Å². The minimum Gasteiger partial charge on any atom is -0.390 e. The van der Waals surface area contributed by atoms with E-state index in [2.05, 4.69) is 79.9 Å². The number of hydrogen-bond donors (Lipinski definition) is 4. The fourth-order valence-electron chi connectivity index (χ4n) is 9.76. The van der Waals surface area contributed by atoms with E-state index in [4.69, 9.17) is 9.05 Å². The molecule has 0 saturated heterocycles. The zero-order valence-corrected chi connectivity index (χ0v) is 52.2. The maximum Gasteiger partial charge on any atom is 0.472 e. The highest BCUT2D eigenvalue weighted by Gasteiger charge is 2.32. The number of likely N-dealkylation sites (N-methyl/N-ethyl adjacent to an activating group) is 1. The second-order valence-electron chi connectivity index (χ2n) is 23.6. The van der Waals surface area contributed by atoms with E-state index in [1.807, 2.05) is 21.1 Å². The Balaban J connectivity index is 3.90. The molecule has 0 heterocycles. The number of rotatable bonds is 60. The Morgan fingerprint density at radius 3 is 1.18 bits per heavy atom. The van der Waals surface area contributed by atoms with Crippen molar-refractivity contribution in [1.82, 2.24) is 5.32 Å². The fraction of sp³-hybridized carbons (Fsp3) is 0.836. The maximum absolute atomic E-state index is 13.0. The van der Waals surface area contributed by atoms with Crippen LogP contribution in [0.1, 0.15) is 303 Å². The predicted molar refractivity (Wildman–Crippen MR) is 333 cm³/mol. The van der Waals surface area contributed by atoms with Gasteiger partial charge in [0.25, 0.3) is 0 Å². The molecular weight excluding hydrogens is 976 g/mol. The number of aliphatic hydroxyl groups excluding tert-OH is 2. The lowest BCUT2D eigenvalue weighted by molar-refractivity contribution is -0.870. The van der Waals surface area contributed by atoms with Crippen LogP contribution in [0.3, 0.4) is 0 Å². The summed E-state index contributed by atoms with van der Waals surface area (Å²) in [6.45, 7) is 4.52. The molecule has 77 heavy (non-hydrogen) atoms. The van der Waals surface area contributed by atoms with Gasteiger partial charge in [0.2, 0.25) is 5.91 Å². The Morgan fingerprint density at radius 2 is 0.805 bits per heavy atom. The standard InChI is InChI=1S/C67H127N2O7P/c1-6-8-10-12-14-16-18-20-21-22-23-24-25-26-27-28-29-30-31-32-33-34-35-36-37-38-39-40-41-42-43-44-45-46-47-48-50-52-54-56-58-60-66(71)68-64(63-76-77(73,74)75-62-61-69(3,4)5)67(72)65(70)59-57-55-53-51-49-19-17-15-13-11-9-7-2/h8,10,14,16,20-21,23-24,26-27,64-65,67,70,72H,6-7,9,11-13,15,17-19,22,25,28-63H2,1-5H3,(H-,68,71,73,74)/p+1/b10-8-,16-14-,21-20-,24-23-,27-26-. The molecule has 0 aliphatic heterocycles. The lowest BCUT2D eigenvalue weighted by Gasteiger charge is -2.28. The summed E-state index contributed by atoms with van der Waals surface area (Å²) in [5.74, 6) is -0.253. The van der Waals surface area contributed by atoms with E-state index in [1.165, 1.54) is 205 Å². The molecule has 452 valence electrons. The normalized spacial score (nSPS) is 14.5. The van der Waals surface area contributed by atoms with E-state index < -0.39 is 32.7 Å². The van der Waals surface area contributed by atoms with Gasteiger partial charge in [0.05, 0.1) is 39.9 Å². The van der Waals surface area contributed by atoms with E-state index in [0.717, 1.165) is 70.6 Å². The Kier molecular flexibility index (Phi) is 56.0. The third-order valence-corrected chi connectivity index (χ3v) is 15.9. The van der Waals surface area contributed by atoms with Crippen molar-refractivity contribution in [3.8, 4) is 0 Å². The Labute approximate surface area is 477 Å². The van der Waals surface area contributed by atoms with Gasteiger partial charge in [-0.25, -0.2) is 4.57 Å². The molecule has 4 unspecified atom stereocenters. The zero-order chi connectivity index (χ0) is 56.4. The van der Waals surface area contributed by atoms with Gasteiger partial charge in [0, 0.05) is 6.42 Å². The molecule has 0 aliphatic rings. The van der Waals surface area contributed by atoms with Crippen LogP contribution in [0.2, 0.25) is 0 Å². The quantitative estimate of drug-likeness (QED) is 0.0207. The van der Waals surface area contributed by atoms with Gasteiger partial charge in [0.15, 0.2) is 0 Å². The average Bonchev–Trinajstić information content (AvgIpc) is 3.39. The highest BCUT2D eigenvalue weighted by Crippen LogP contribution is 2.43. The SMILES string of the molecule is CC/C=C\C/C=C\C/C=C\C/C=C\C/C=C\CCCCCCCCCCCCCCCCCCCCCCCCCCCC(=O)NC(COP(=O)(O)OCC[N+](C)(C)C)C(O)C(O)CCCCCCCCCCCCCC. The second-order valence-corrected chi connectivity index (χ2v) is 25.1. The first-order valence-electron chi connectivity index (χ1n) is 32.7. The second kappa shape index (κ2) is 57.4. The number of aliphatic hydroxyl groups is 2. The van der Waals surface area contributed by atoms with Gasteiger partial charge >= 0.3 is 7.82 Å². The molecule has 0 rings (SSSR count). The lowest BCUT2D eigenvalue weighted by atomic mass is 9.99. The molecule has 0 saturated carbocycles. The number of nitrogens with one attached hydrogen (secondary N) is 1. The number of carbonyl (C=O) groups is 1. The number of nitrogens with zero attached hydrogens (tertiary/aromatic N) is 1. The summed E-state index contributed by atoms with van der Waals surface area (Å²) in [6.07, 6.45) is 74.9. The molecule has 10 heteroatoms. The van der Waals surface area contributed by atoms with Crippen LogP contribution < -0.4 is 5.32 Å². The maximum atomic E-state index is 13.0. The highest BCUT2D eigenvalue weighted by atomic mass is 31.2. The number of allylic oxidation sites excluding steroid dienone is 10. The Morgan fingerprint density at radius 1 is 0.468 bits per heavy atom. The molecule has 0 spiro atoms. The van der Waals surface area contributed by atoms with Crippen molar-refractivity contribution in [3.63, 3.8) is 0 Å². The first-order valence-corrected chi connectivity index (χ1v) is 34.2. The number of quaternary nitrogens is 1. The number of unbranched alkanes of at least 4 members (excludes halogenated alkanes) is 36. The van der Waals surface area contributed by atoms with Gasteiger partial charge < -0.3 is 24.9 Å². The number of hydrogen-bond acceptors (Lipinski definition) is 6. The molecule has 4 atom stereocenters. The number of amides is 1. The largest absolute Gasteiger partial charge is 0.472 e. The molecule has 0 aromatic carbocycles. The smallest absolute Gasteiger partial charge is 0.390 e. The minimum atomic E-state index is -4.42. The molecule has 1 amide bonds. The van der Waals surface area contributed by atoms with E-state index >= 15 is 0 Å². The van der Waals surface area contributed by atoms with Crippen molar-refractivity contribution in [2.45, 2.75) is 321 Å².